The molecular formula is C14H22N2O3S. The first kappa shape index (κ1) is 15.3. The number of aliphatic hydroxyl groups is 1. The lowest BCUT2D eigenvalue weighted by Gasteiger charge is -2.17. The molecule has 0 radical (unpaired) electrons. The zero-order chi connectivity index (χ0) is 14.9. The largest absolute Gasteiger partial charge is 0.398 e. The maximum Gasteiger partial charge on any atom is 0.242 e. The van der Waals surface area contributed by atoms with Gasteiger partial charge in [-0.05, 0) is 49.8 Å². The van der Waals surface area contributed by atoms with Gasteiger partial charge in [-0.1, -0.05) is 12.5 Å². The molecule has 1 aromatic rings. The summed E-state index contributed by atoms with van der Waals surface area (Å²) in [5, 5.41) is 9.75. The van der Waals surface area contributed by atoms with Crippen molar-refractivity contribution < 1.29 is 13.5 Å². The Morgan fingerprint density at radius 3 is 2.65 bits per heavy atom. The molecule has 0 aromatic heterocycles. The summed E-state index contributed by atoms with van der Waals surface area (Å²) < 4.78 is 27.4. The second-order valence-electron chi connectivity index (χ2n) is 5.54. The van der Waals surface area contributed by atoms with E-state index < -0.39 is 16.1 Å². The second-order valence-corrected chi connectivity index (χ2v) is 7.24. The number of aryl methyl sites for hydroxylation is 1. The van der Waals surface area contributed by atoms with Crippen molar-refractivity contribution in [2.75, 3.05) is 12.3 Å². The normalized spacial score (nSPS) is 23.1. The minimum Gasteiger partial charge on any atom is -0.398 e. The predicted octanol–water partition coefficient (Wildman–Crippen LogP) is 1.32. The lowest BCUT2D eigenvalue weighted by atomic mass is 10.1. The van der Waals surface area contributed by atoms with E-state index in [9.17, 15) is 13.5 Å². The highest BCUT2D eigenvalue weighted by molar-refractivity contribution is 7.89. The van der Waals surface area contributed by atoms with Crippen LogP contribution in [0.15, 0.2) is 17.0 Å². The maximum atomic E-state index is 12.4. The summed E-state index contributed by atoms with van der Waals surface area (Å²) in [5.74, 6) is -0.00360. The summed E-state index contributed by atoms with van der Waals surface area (Å²) in [5.41, 5.74) is 7.64. The summed E-state index contributed by atoms with van der Waals surface area (Å²) in [6.07, 6.45) is 2.14. The van der Waals surface area contributed by atoms with Crippen LogP contribution in [-0.4, -0.2) is 26.2 Å². The molecule has 1 aliphatic rings. The molecule has 0 amide bonds. The van der Waals surface area contributed by atoms with Crippen LogP contribution in [0.1, 0.15) is 30.4 Å². The maximum absolute atomic E-state index is 12.4. The summed E-state index contributed by atoms with van der Waals surface area (Å²) in [6, 6.07) is 3.42. The fraction of sp³-hybridized carbons (Fsp3) is 0.571. The number of anilines is 1. The van der Waals surface area contributed by atoms with Crippen LogP contribution in [0.25, 0.3) is 0 Å². The topological polar surface area (TPSA) is 92.4 Å². The Kier molecular flexibility index (Phi) is 4.36. The van der Waals surface area contributed by atoms with Crippen molar-refractivity contribution in [3.05, 3.63) is 23.3 Å². The Hall–Kier alpha value is -1.11. The molecule has 1 aromatic carbocycles. The van der Waals surface area contributed by atoms with Crippen molar-refractivity contribution in [2.45, 2.75) is 44.1 Å². The third-order valence-electron chi connectivity index (χ3n) is 4.13. The van der Waals surface area contributed by atoms with E-state index in [4.69, 9.17) is 5.73 Å². The van der Waals surface area contributed by atoms with Gasteiger partial charge in [0.1, 0.15) is 4.90 Å². The molecule has 5 nitrogen and oxygen atoms in total. The third-order valence-corrected chi connectivity index (χ3v) is 5.76. The highest BCUT2D eigenvalue weighted by Gasteiger charge is 2.28. The molecular weight excluding hydrogens is 276 g/mol. The Bertz CT molecular complexity index is 599. The summed E-state index contributed by atoms with van der Waals surface area (Å²) in [7, 11) is -3.64. The third kappa shape index (κ3) is 2.97. The van der Waals surface area contributed by atoms with E-state index in [0.29, 0.717) is 5.56 Å². The standard InChI is InChI=1S/C14H22N2O3S/c1-9-6-7-12(15)14(10(9)2)20(18,19)16-8-11-4-3-5-13(11)17/h6-7,11,13,16-17H,3-5,8,15H2,1-2H3. The van der Waals surface area contributed by atoms with E-state index in [2.05, 4.69) is 4.72 Å². The number of sulfonamides is 1. The van der Waals surface area contributed by atoms with E-state index in [1.165, 1.54) is 0 Å². The summed E-state index contributed by atoms with van der Waals surface area (Å²) in [6.45, 7) is 3.87. The van der Waals surface area contributed by atoms with E-state index in [-0.39, 0.29) is 23.0 Å². The number of rotatable bonds is 4. The fourth-order valence-corrected chi connectivity index (χ4v) is 4.23. The van der Waals surface area contributed by atoms with Gasteiger partial charge < -0.3 is 10.8 Å². The first-order valence-electron chi connectivity index (χ1n) is 6.86. The summed E-state index contributed by atoms with van der Waals surface area (Å²) in [4.78, 5) is 0.157. The van der Waals surface area contributed by atoms with E-state index in [1.54, 1.807) is 13.0 Å². The zero-order valence-electron chi connectivity index (χ0n) is 11.9. The lowest BCUT2D eigenvalue weighted by Crippen LogP contribution is -2.33. The SMILES string of the molecule is Cc1ccc(N)c(S(=O)(=O)NCC2CCCC2O)c1C. The first-order chi connectivity index (χ1) is 9.33. The van der Waals surface area contributed by atoms with Crippen LogP contribution in [0.2, 0.25) is 0 Å². The van der Waals surface area contributed by atoms with Crippen LogP contribution in [0.5, 0.6) is 0 Å². The highest BCUT2D eigenvalue weighted by atomic mass is 32.2. The lowest BCUT2D eigenvalue weighted by molar-refractivity contribution is 0.134. The van der Waals surface area contributed by atoms with Crippen LogP contribution >= 0.6 is 0 Å². The number of aliphatic hydroxyl groups excluding tert-OH is 1. The molecule has 2 unspecified atom stereocenters. The van der Waals surface area contributed by atoms with Gasteiger partial charge in [-0.15, -0.1) is 0 Å². The smallest absolute Gasteiger partial charge is 0.242 e. The van der Waals surface area contributed by atoms with Gasteiger partial charge in [-0.3, -0.25) is 0 Å². The number of hydrogen-bond acceptors (Lipinski definition) is 4. The van der Waals surface area contributed by atoms with Gasteiger partial charge in [0, 0.05) is 6.54 Å². The van der Waals surface area contributed by atoms with E-state index in [1.807, 2.05) is 13.0 Å². The van der Waals surface area contributed by atoms with Crippen molar-refractivity contribution in [1.82, 2.24) is 4.72 Å². The van der Waals surface area contributed by atoms with E-state index in [0.717, 1.165) is 24.8 Å². The molecule has 0 aliphatic heterocycles. The van der Waals surface area contributed by atoms with Crippen LogP contribution in [0, 0.1) is 19.8 Å². The predicted molar refractivity (Wildman–Crippen MR) is 78.9 cm³/mol. The minimum atomic E-state index is -3.64. The van der Waals surface area contributed by atoms with Gasteiger partial charge in [0.05, 0.1) is 11.8 Å². The van der Waals surface area contributed by atoms with Crippen molar-refractivity contribution in [2.24, 2.45) is 5.92 Å². The van der Waals surface area contributed by atoms with E-state index >= 15 is 0 Å². The molecule has 0 saturated heterocycles. The van der Waals surface area contributed by atoms with Gasteiger partial charge >= 0.3 is 0 Å². The molecule has 0 bridgehead atoms. The zero-order valence-corrected chi connectivity index (χ0v) is 12.7. The van der Waals surface area contributed by atoms with Gasteiger partial charge in [0.2, 0.25) is 10.0 Å². The van der Waals surface area contributed by atoms with Crippen molar-refractivity contribution >= 4 is 15.7 Å². The number of nitrogens with one attached hydrogen (secondary N) is 1. The molecule has 112 valence electrons. The number of nitrogen functional groups attached to an aromatic ring is 1. The molecule has 2 atom stereocenters. The van der Waals surface area contributed by atoms with Crippen molar-refractivity contribution in [3.63, 3.8) is 0 Å². The molecule has 20 heavy (non-hydrogen) atoms. The van der Waals surface area contributed by atoms with Crippen LogP contribution < -0.4 is 10.5 Å². The Morgan fingerprint density at radius 1 is 1.35 bits per heavy atom. The van der Waals surface area contributed by atoms with Gasteiger partial charge in [-0.2, -0.15) is 0 Å². The number of benzene rings is 1. The van der Waals surface area contributed by atoms with Crippen LogP contribution in [0.4, 0.5) is 5.69 Å². The molecule has 1 aliphatic carbocycles. The number of hydrogen-bond donors (Lipinski definition) is 3. The molecule has 4 N–H and O–H groups in total. The van der Waals surface area contributed by atoms with Gasteiger partial charge in [-0.25, -0.2) is 13.1 Å². The quantitative estimate of drug-likeness (QED) is 0.731. The average Bonchev–Trinajstić information content (AvgIpc) is 2.77. The molecule has 1 fully saturated rings. The van der Waals surface area contributed by atoms with Gasteiger partial charge in [0.25, 0.3) is 0 Å². The molecule has 2 rings (SSSR count). The van der Waals surface area contributed by atoms with Crippen molar-refractivity contribution in [3.8, 4) is 0 Å². The Balaban J connectivity index is 2.21. The molecule has 0 spiro atoms. The van der Waals surface area contributed by atoms with Crippen molar-refractivity contribution in [1.29, 1.82) is 0 Å². The fourth-order valence-electron chi connectivity index (χ4n) is 2.71. The minimum absolute atomic E-state index is 0.00360. The second kappa shape index (κ2) is 5.71. The summed E-state index contributed by atoms with van der Waals surface area (Å²) >= 11 is 0. The van der Waals surface area contributed by atoms with Crippen LogP contribution in [0.3, 0.4) is 0 Å². The monoisotopic (exact) mass is 298 g/mol. The molecule has 1 saturated carbocycles. The van der Waals surface area contributed by atoms with Gasteiger partial charge in [0.15, 0.2) is 0 Å². The molecule has 0 heterocycles. The average molecular weight is 298 g/mol. The Morgan fingerprint density at radius 2 is 2.05 bits per heavy atom. The number of nitrogens with two attached hydrogens (primary N) is 1. The highest BCUT2D eigenvalue weighted by Crippen LogP contribution is 2.27. The molecule has 6 heteroatoms. The van der Waals surface area contributed by atoms with Crippen LogP contribution in [-0.2, 0) is 10.0 Å². The first-order valence-corrected chi connectivity index (χ1v) is 8.34. The Labute approximate surface area is 120 Å².